The van der Waals surface area contributed by atoms with Crippen LogP contribution in [0.2, 0.25) is 0 Å². The Labute approximate surface area is 115 Å². The summed E-state index contributed by atoms with van der Waals surface area (Å²) in [6.07, 6.45) is 10.8. The van der Waals surface area contributed by atoms with Gasteiger partial charge in [-0.3, -0.25) is 9.59 Å². The number of hydrogen-bond acceptors (Lipinski definition) is 2. The van der Waals surface area contributed by atoms with Crippen LogP contribution in [-0.2, 0) is 9.59 Å². The van der Waals surface area contributed by atoms with Gasteiger partial charge in [0, 0.05) is 30.8 Å². The smallest absolute Gasteiger partial charge is 0.225 e. The zero-order valence-electron chi connectivity index (χ0n) is 11.8. The van der Waals surface area contributed by atoms with Gasteiger partial charge in [-0.05, 0) is 38.5 Å². The number of nitrogens with zero attached hydrogens (tertiary/aromatic N) is 1. The predicted molar refractivity (Wildman–Crippen MR) is 73.7 cm³/mol. The number of carbonyl (C=O) groups excluding carboxylic acids is 2. The molecule has 3 fully saturated rings. The molecule has 0 bridgehead atoms. The van der Waals surface area contributed by atoms with Crippen molar-refractivity contribution in [3.8, 4) is 0 Å². The molecule has 3 heteroatoms. The maximum atomic E-state index is 12.7. The Hall–Kier alpha value is -0.860. The minimum atomic E-state index is 0.162. The first-order chi connectivity index (χ1) is 9.27. The second kappa shape index (κ2) is 5.64. The Bertz CT molecular complexity index is 360. The van der Waals surface area contributed by atoms with Gasteiger partial charge in [0.15, 0.2) is 0 Å². The molecule has 3 nitrogen and oxygen atoms in total. The summed E-state index contributed by atoms with van der Waals surface area (Å²) in [5, 5.41) is 0. The van der Waals surface area contributed by atoms with Crippen molar-refractivity contribution in [2.24, 2.45) is 11.8 Å². The molecule has 0 aromatic heterocycles. The van der Waals surface area contributed by atoms with Gasteiger partial charge in [-0.15, -0.1) is 0 Å². The Balaban J connectivity index is 1.68. The second-order valence-electron chi connectivity index (χ2n) is 6.54. The molecule has 2 aliphatic carbocycles. The van der Waals surface area contributed by atoms with Crippen molar-refractivity contribution in [3.05, 3.63) is 0 Å². The first-order valence-corrected chi connectivity index (χ1v) is 8.10. The molecule has 0 N–H and O–H groups in total. The molecule has 106 valence electrons. The molecular weight excluding hydrogens is 238 g/mol. The molecule has 0 spiro atoms. The lowest BCUT2D eigenvalue weighted by molar-refractivity contribution is -0.139. The summed E-state index contributed by atoms with van der Waals surface area (Å²) >= 11 is 0. The van der Waals surface area contributed by atoms with Crippen LogP contribution in [0.15, 0.2) is 0 Å². The molecule has 1 amide bonds. The Kier molecular flexibility index (Phi) is 3.90. The molecule has 2 atom stereocenters. The quantitative estimate of drug-likeness (QED) is 0.768. The largest absolute Gasteiger partial charge is 0.339 e. The fraction of sp³-hybridized carbons (Fsp3) is 0.875. The normalized spacial score (nSPS) is 33.1. The van der Waals surface area contributed by atoms with Crippen LogP contribution in [0.25, 0.3) is 0 Å². The van der Waals surface area contributed by atoms with Gasteiger partial charge in [0.25, 0.3) is 0 Å². The first-order valence-electron chi connectivity index (χ1n) is 8.10. The summed E-state index contributed by atoms with van der Waals surface area (Å²) in [6, 6.07) is 0.240. The van der Waals surface area contributed by atoms with Crippen LogP contribution in [0.3, 0.4) is 0 Å². The van der Waals surface area contributed by atoms with E-state index in [2.05, 4.69) is 4.90 Å². The Morgan fingerprint density at radius 3 is 2.42 bits per heavy atom. The molecule has 3 aliphatic rings. The van der Waals surface area contributed by atoms with Crippen molar-refractivity contribution in [3.63, 3.8) is 0 Å². The third kappa shape index (κ3) is 2.56. The molecular formula is C16H25NO2. The summed E-state index contributed by atoms with van der Waals surface area (Å²) in [4.78, 5) is 26.7. The number of likely N-dealkylation sites (tertiary alicyclic amines) is 1. The molecule has 0 radical (unpaired) electrons. The van der Waals surface area contributed by atoms with Gasteiger partial charge >= 0.3 is 0 Å². The van der Waals surface area contributed by atoms with E-state index in [-0.39, 0.29) is 17.9 Å². The maximum Gasteiger partial charge on any atom is 0.225 e. The van der Waals surface area contributed by atoms with Crippen LogP contribution in [-0.4, -0.2) is 29.2 Å². The van der Waals surface area contributed by atoms with Crippen LogP contribution >= 0.6 is 0 Å². The van der Waals surface area contributed by atoms with E-state index in [0.29, 0.717) is 11.7 Å². The standard InChI is InChI=1S/C16H25NO2/c18-15-10-4-8-13(15)14-9-5-11-17(14)16(19)12-6-2-1-3-7-12/h12-14H,1-11H2. The molecule has 2 unspecified atom stereocenters. The van der Waals surface area contributed by atoms with E-state index in [1.54, 1.807) is 0 Å². The van der Waals surface area contributed by atoms with Crippen LogP contribution in [0.4, 0.5) is 0 Å². The topological polar surface area (TPSA) is 37.4 Å². The van der Waals surface area contributed by atoms with Gasteiger partial charge in [0.2, 0.25) is 5.91 Å². The minimum absolute atomic E-state index is 0.162. The molecule has 0 aromatic carbocycles. The van der Waals surface area contributed by atoms with E-state index >= 15 is 0 Å². The van der Waals surface area contributed by atoms with Gasteiger partial charge in [0.05, 0.1) is 0 Å². The third-order valence-electron chi connectivity index (χ3n) is 5.35. The van der Waals surface area contributed by atoms with Crippen LogP contribution in [0.5, 0.6) is 0 Å². The average Bonchev–Trinajstić information content (AvgIpc) is 3.07. The number of carbonyl (C=O) groups is 2. The summed E-state index contributed by atoms with van der Waals surface area (Å²) < 4.78 is 0. The van der Waals surface area contributed by atoms with Crippen LogP contribution in [0, 0.1) is 11.8 Å². The first kappa shape index (κ1) is 13.1. The predicted octanol–water partition coefficient (Wildman–Crippen LogP) is 2.93. The van der Waals surface area contributed by atoms with Gasteiger partial charge in [-0.2, -0.15) is 0 Å². The molecule has 1 heterocycles. The number of rotatable bonds is 2. The van der Waals surface area contributed by atoms with Crippen molar-refractivity contribution < 1.29 is 9.59 Å². The Morgan fingerprint density at radius 1 is 0.947 bits per heavy atom. The summed E-state index contributed by atoms with van der Waals surface area (Å²) in [5.41, 5.74) is 0. The SMILES string of the molecule is O=C1CCCC1C1CCCN1C(=O)C1CCCCC1. The van der Waals surface area contributed by atoms with Crippen molar-refractivity contribution >= 4 is 11.7 Å². The van der Waals surface area contributed by atoms with Crippen LogP contribution < -0.4 is 0 Å². The molecule has 1 aliphatic heterocycles. The van der Waals surface area contributed by atoms with Gasteiger partial charge < -0.3 is 4.90 Å². The molecule has 2 saturated carbocycles. The van der Waals surface area contributed by atoms with E-state index in [1.165, 1.54) is 19.3 Å². The number of Topliss-reactive ketones (excluding diaryl/α,β-unsaturated/α-hetero) is 1. The zero-order chi connectivity index (χ0) is 13.2. The number of ketones is 1. The maximum absolute atomic E-state index is 12.7. The average molecular weight is 263 g/mol. The fourth-order valence-electron chi connectivity index (χ4n) is 4.32. The third-order valence-corrected chi connectivity index (χ3v) is 5.35. The highest BCUT2D eigenvalue weighted by Crippen LogP contribution is 2.35. The van der Waals surface area contributed by atoms with Crippen molar-refractivity contribution in [2.45, 2.75) is 70.3 Å². The lowest BCUT2D eigenvalue weighted by Gasteiger charge is -2.33. The summed E-state index contributed by atoms with van der Waals surface area (Å²) in [6.45, 7) is 0.893. The van der Waals surface area contributed by atoms with E-state index in [9.17, 15) is 9.59 Å². The molecule has 19 heavy (non-hydrogen) atoms. The second-order valence-corrected chi connectivity index (χ2v) is 6.54. The summed E-state index contributed by atoms with van der Waals surface area (Å²) in [5.74, 6) is 1.19. The molecule has 1 saturated heterocycles. The van der Waals surface area contributed by atoms with E-state index < -0.39 is 0 Å². The Morgan fingerprint density at radius 2 is 1.74 bits per heavy atom. The van der Waals surface area contributed by atoms with Crippen molar-refractivity contribution in [2.75, 3.05) is 6.54 Å². The van der Waals surface area contributed by atoms with E-state index in [4.69, 9.17) is 0 Å². The van der Waals surface area contributed by atoms with E-state index in [1.807, 2.05) is 0 Å². The number of amides is 1. The summed E-state index contributed by atoms with van der Waals surface area (Å²) in [7, 11) is 0. The van der Waals surface area contributed by atoms with Crippen molar-refractivity contribution in [1.29, 1.82) is 0 Å². The molecule has 0 aromatic rings. The highest BCUT2D eigenvalue weighted by Gasteiger charge is 2.41. The highest BCUT2D eigenvalue weighted by molar-refractivity contribution is 5.85. The van der Waals surface area contributed by atoms with E-state index in [0.717, 1.165) is 51.5 Å². The highest BCUT2D eigenvalue weighted by atomic mass is 16.2. The molecule has 3 rings (SSSR count). The lowest BCUT2D eigenvalue weighted by atomic mass is 9.87. The zero-order valence-corrected chi connectivity index (χ0v) is 11.8. The number of hydrogen-bond donors (Lipinski definition) is 0. The minimum Gasteiger partial charge on any atom is -0.339 e. The van der Waals surface area contributed by atoms with Gasteiger partial charge in [0.1, 0.15) is 5.78 Å². The van der Waals surface area contributed by atoms with Gasteiger partial charge in [-0.25, -0.2) is 0 Å². The van der Waals surface area contributed by atoms with Crippen LogP contribution in [0.1, 0.15) is 64.2 Å². The fourth-order valence-corrected chi connectivity index (χ4v) is 4.32. The van der Waals surface area contributed by atoms with Crippen molar-refractivity contribution in [1.82, 2.24) is 4.90 Å². The lowest BCUT2D eigenvalue weighted by Crippen LogP contribution is -2.44. The van der Waals surface area contributed by atoms with Gasteiger partial charge in [-0.1, -0.05) is 19.3 Å². The monoisotopic (exact) mass is 263 g/mol.